The van der Waals surface area contributed by atoms with E-state index in [0.29, 0.717) is 11.3 Å². The molecule has 2 aromatic rings. The molecular weight excluding hydrogens is 361 g/mol. The van der Waals surface area contributed by atoms with E-state index in [1.54, 1.807) is 31.2 Å². The molecule has 5 nitrogen and oxygen atoms in total. The van der Waals surface area contributed by atoms with Gasteiger partial charge in [0, 0.05) is 12.1 Å². The van der Waals surface area contributed by atoms with E-state index in [1.807, 2.05) is 0 Å². The minimum absolute atomic E-state index is 0.221. The smallest absolute Gasteiger partial charge is 0.418 e. The van der Waals surface area contributed by atoms with Crippen molar-refractivity contribution in [3.8, 4) is 5.75 Å². The van der Waals surface area contributed by atoms with Crippen molar-refractivity contribution in [1.82, 2.24) is 4.90 Å². The Bertz CT molecular complexity index is 805. The molecule has 0 saturated heterocycles. The van der Waals surface area contributed by atoms with Crippen LogP contribution < -0.4 is 10.1 Å². The Balaban J connectivity index is 2.10. The van der Waals surface area contributed by atoms with Crippen molar-refractivity contribution in [2.24, 2.45) is 0 Å². The van der Waals surface area contributed by atoms with Crippen molar-refractivity contribution in [3.05, 3.63) is 59.7 Å². The first-order valence-corrected chi connectivity index (χ1v) is 8.15. The third-order valence-corrected chi connectivity index (χ3v) is 3.85. The Morgan fingerprint density at radius 3 is 2.26 bits per heavy atom. The number of hydrogen-bond acceptors (Lipinski definition) is 3. The number of halogens is 3. The first-order valence-electron chi connectivity index (χ1n) is 8.15. The number of benzene rings is 2. The summed E-state index contributed by atoms with van der Waals surface area (Å²) in [6.45, 7) is 1.53. The SMILES string of the molecule is CCN(CC(=O)Nc1ccccc1C(F)(F)F)C(=O)c1ccc(OC)cc1. The zero-order chi connectivity index (χ0) is 20.0. The molecule has 0 aliphatic carbocycles. The Kier molecular flexibility index (Phi) is 6.44. The van der Waals surface area contributed by atoms with Crippen LogP contribution in [0.2, 0.25) is 0 Å². The number of anilines is 1. The molecule has 2 aromatic carbocycles. The molecule has 0 saturated carbocycles. The maximum absolute atomic E-state index is 13.0. The van der Waals surface area contributed by atoms with Crippen molar-refractivity contribution in [3.63, 3.8) is 0 Å². The topological polar surface area (TPSA) is 58.6 Å². The molecule has 144 valence electrons. The number of nitrogens with one attached hydrogen (secondary N) is 1. The van der Waals surface area contributed by atoms with Gasteiger partial charge < -0.3 is 15.0 Å². The second-order valence-electron chi connectivity index (χ2n) is 5.64. The number of ether oxygens (including phenoxy) is 1. The molecule has 8 heteroatoms. The number of likely N-dealkylation sites (N-methyl/N-ethyl adjacent to an activating group) is 1. The molecule has 0 bridgehead atoms. The molecular formula is C19H19F3N2O3. The molecule has 0 aromatic heterocycles. The van der Waals surface area contributed by atoms with Crippen LogP contribution in [0, 0.1) is 0 Å². The number of carbonyl (C=O) groups is 2. The highest BCUT2D eigenvalue weighted by molar-refractivity contribution is 5.99. The lowest BCUT2D eigenvalue weighted by Crippen LogP contribution is -2.38. The predicted octanol–water partition coefficient (Wildman–Crippen LogP) is 3.81. The van der Waals surface area contributed by atoms with Gasteiger partial charge in [0.05, 0.1) is 18.4 Å². The number of para-hydroxylation sites is 1. The van der Waals surface area contributed by atoms with E-state index in [1.165, 1.54) is 30.2 Å². The van der Waals surface area contributed by atoms with Crippen LogP contribution in [0.1, 0.15) is 22.8 Å². The number of nitrogens with zero attached hydrogens (tertiary/aromatic N) is 1. The minimum Gasteiger partial charge on any atom is -0.497 e. The van der Waals surface area contributed by atoms with Crippen molar-refractivity contribution >= 4 is 17.5 Å². The van der Waals surface area contributed by atoms with Crippen molar-refractivity contribution < 1.29 is 27.5 Å². The highest BCUT2D eigenvalue weighted by Crippen LogP contribution is 2.34. The summed E-state index contributed by atoms with van der Waals surface area (Å²) in [5, 5.41) is 2.23. The standard InChI is InChI=1S/C19H19F3N2O3/c1-3-24(18(26)13-8-10-14(27-2)11-9-13)12-17(25)23-16-7-5-4-6-15(16)19(20,21)22/h4-11H,3,12H2,1-2H3,(H,23,25). The number of hydrogen-bond donors (Lipinski definition) is 1. The first-order chi connectivity index (χ1) is 12.8. The number of methoxy groups -OCH3 is 1. The van der Waals surface area contributed by atoms with Crippen LogP contribution in [0.4, 0.5) is 18.9 Å². The maximum atomic E-state index is 13.0. The van der Waals surface area contributed by atoms with Gasteiger partial charge in [-0.15, -0.1) is 0 Å². The fraction of sp³-hybridized carbons (Fsp3) is 0.263. The van der Waals surface area contributed by atoms with E-state index in [0.717, 1.165) is 6.07 Å². The molecule has 2 amide bonds. The van der Waals surface area contributed by atoms with Gasteiger partial charge in [-0.2, -0.15) is 13.2 Å². The molecule has 0 fully saturated rings. The first kappa shape index (κ1) is 20.3. The summed E-state index contributed by atoms with van der Waals surface area (Å²) in [4.78, 5) is 26.0. The third kappa shape index (κ3) is 5.22. The van der Waals surface area contributed by atoms with Crippen LogP contribution >= 0.6 is 0 Å². The molecule has 2 rings (SSSR count). The van der Waals surface area contributed by atoms with Crippen LogP contribution in [0.3, 0.4) is 0 Å². The normalized spacial score (nSPS) is 11.0. The minimum atomic E-state index is -4.59. The predicted molar refractivity (Wildman–Crippen MR) is 94.6 cm³/mol. The molecule has 1 N–H and O–H groups in total. The number of amides is 2. The van der Waals surface area contributed by atoms with Gasteiger partial charge in [0.1, 0.15) is 12.3 Å². The lowest BCUT2D eigenvalue weighted by molar-refractivity contribution is -0.137. The number of alkyl halides is 3. The average molecular weight is 380 g/mol. The van der Waals surface area contributed by atoms with Crippen LogP contribution in [-0.2, 0) is 11.0 Å². The van der Waals surface area contributed by atoms with Crippen molar-refractivity contribution in [2.45, 2.75) is 13.1 Å². The Morgan fingerprint density at radius 1 is 1.07 bits per heavy atom. The van der Waals surface area contributed by atoms with Crippen molar-refractivity contribution in [2.75, 3.05) is 25.5 Å². The molecule has 0 spiro atoms. The maximum Gasteiger partial charge on any atom is 0.418 e. The van der Waals surface area contributed by atoms with E-state index in [4.69, 9.17) is 4.74 Å². The number of rotatable bonds is 6. The van der Waals surface area contributed by atoms with Gasteiger partial charge in [-0.05, 0) is 43.3 Å². The summed E-state index contributed by atoms with van der Waals surface area (Å²) in [5.74, 6) is -0.536. The van der Waals surface area contributed by atoms with E-state index in [-0.39, 0.29) is 18.8 Å². The van der Waals surface area contributed by atoms with Gasteiger partial charge in [0.15, 0.2) is 0 Å². The van der Waals surface area contributed by atoms with E-state index < -0.39 is 23.6 Å². The third-order valence-electron chi connectivity index (χ3n) is 3.85. The molecule has 0 atom stereocenters. The van der Waals surface area contributed by atoms with E-state index in [9.17, 15) is 22.8 Å². The lowest BCUT2D eigenvalue weighted by atomic mass is 10.1. The van der Waals surface area contributed by atoms with E-state index >= 15 is 0 Å². The fourth-order valence-corrected chi connectivity index (χ4v) is 2.45. The van der Waals surface area contributed by atoms with Crippen molar-refractivity contribution in [1.29, 1.82) is 0 Å². The van der Waals surface area contributed by atoms with Crippen LogP contribution in [0.25, 0.3) is 0 Å². The Morgan fingerprint density at radius 2 is 1.70 bits per heavy atom. The summed E-state index contributed by atoms with van der Waals surface area (Å²) in [7, 11) is 1.50. The highest BCUT2D eigenvalue weighted by Gasteiger charge is 2.33. The molecule has 0 aliphatic heterocycles. The average Bonchev–Trinajstić information content (AvgIpc) is 2.65. The van der Waals surface area contributed by atoms with Crippen LogP contribution in [0.5, 0.6) is 5.75 Å². The van der Waals surface area contributed by atoms with Crippen LogP contribution in [-0.4, -0.2) is 36.9 Å². The van der Waals surface area contributed by atoms with Gasteiger partial charge in [-0.1, -0.05) is 12.1 Å². The Labute approximate surface area is 154 Å². The second-order valence-corrected chi connectivity index (χ2v) is 5.64. The lowest BCUT2D eigenvalue weighted by Gasteiger charge is -2.21. The zero-order valence-corrected chi connectivity index (χ0v) is 14.8. The summed E-state index contributed by atoms with van der Waals surface area (Å²) in [6.07, 6.45) is -4.59. The second kappa shape index (κ2) is 8.57. The summed E-state index contributed by atoms with van der Waals surface area (Å²) in [5.41, 5.74) is -0.938. The highest BCUT2D eigenvalue weighted by atomic mass is 19.4. The van der Waals surface area contributed by atoms with Gasteiger partial charge in [0.2, 0.25) is 5.91 Å². The summed E-state index contributed by atoms with van der Waals surface area (Å²) in [6, 6.07) is 11.0. The monoisotopic (exact) mass is 380 g/mol. The molecule has 0 heterocycles. The molecule has 27 heavy (non-hydrogen) atoms. The molecule has 0 aliphatic rings. The van der Waals surface area contributed by atoms with Gasteiger partial charge in [-0.25, -0.2) is 0 Å². The Hall–Kier alpha value is -3.03. The fourth-order valence-electron chi connectivity index (χ4n) is 2.45. The zero-order valence-electron chi connectivity index (χ0n) is 14.8. The largest absolute Gasteiger partial charge is 0.497 e. The van der Waals surface area contributed by atoms with Gasteiger partial charge in [-0.3, -0.25) is 9.59 Å². The van der Waals surface area contributed by atoms with Gasteiger partial charge >= 0.3 is 6.18 Å². The quantitative estimate of drug-likeness (QED) is 0.829. The number of carbonyl (C=O) groups excluding carboxylic acids is 2. The summed E-state index contributed by atoms with van der Waals surface area (Å²) >= 11 is 0. The van der Waals surface area contributed by atoms with Gasteiger partial charge in [0.25, 0.3) is 5.91 Å². The summed E-state index contributed by atoms with van der Waals surface area (Å²) < 4.78 is 44.1. The molecule has 0 unspecified atom stereocenters. The van der Waals surface area contributed by atoms with E-state index in [2.05, 4.69) is 5.32 Å². The molecule has 0 radical (unpaired) electrons. The van der Waals surface area contributed by atoms with Crippen LogP contribution in [0.15, 0.2) is 48.5 Å².